The smallest absolute Gasteiger partial charge is 0.276 e. The van der Waals surface area contributed by atoms with Gasteiger partial charge < -0.3 is 9.64 Å². The SMILES string of the molecule is Cc1ccc(OC2CC3CCC(C2)N3C(=O)c2cnn(-c3nn4cccc4c(=O)[nH]3)c2C)cc1. The molecular weight excluding hydrogens is 432 g/mol. The molecule has 2 fully saturated rings. The molecule has 2 aliphatic rings. The molecule has 34 heavy (non-hydrogen) atoms. The van der Waals surface area contributed by atoms with Crippen molar-refractivity contribution < 1.29 is 9.53 Å². The molecule has 6 rings (SSSR count). The lowest BCUT2D eigenvalue weighted by atomic mass is 9.98. The minimum Gasteiger partial charge on any atom is -0.490 e. The van der Waals surface area contributed by atoms with Gasteiger partial charge in [0.05, 0.1) is 17.5 Å². The van der Waals surface area contributed by atoms with E-state index >= 15 is 0 Å². The summed E-state index contributed by atoms with van der Waals surface area (Å²) in [6.07, 6.45) is 7.00. The number of H-pyrrole nitrogens is 1. The van der Waals surface area contributed by atoms with E-state index in [4.69, 9.17) is 4.74 Å². The second-order valence-corrected chi connectivity index (χ2v) is 9.29. The Kier molecular flexibility index (Phi) is 4.79. The molecule has 0 saturated carbocycles. The van der Waals surface area contributed by atoms with Gasteiger partial charge in [0.15, 0.2) is 0 Å². The van der Waals surface area contributed by atoms with Gasteiger partial charge in [-0.05, 0) is 51.0 Å². The van der Waals surface area contributed by atoms with Crippen LogP contribution in [0.5, 0.6) is 5.75 Å². The number of amides is 1. The van der Waals surface area contributed by atoms with E-state index in [1.807, 2.05) is 24.0 Å². The molecule has 174 valence electrons. The summed E-state index contributed by atoms with van der Waals surface area (Å²) in [5.74, 6) is 1.14. The maximum atomic E-state index is 13.6. The Morgan fingerprint density at radius 2 is 1.82 bits per heavy atom. The lowest BCUT2D eigenvalue weighted by Gasteiger charge is -2.39. The van der Waals surface area contributed by atoms with Crippen LogP contribution in [0, 0.1) is 13.8 Å². The van der Waals surface area contributed by atoms with Gasteiger partial charge in [0.1, 0.15) is 17.4 Å². The van der Waals surface area contributed by atoms with Crippen LogP contribution >= 0.6 is 0 Å². The van der Waals surface area contributed by atoms with Crippen molar-refractivity contribution in [2.24, 2.45) is 0 Å². The highest BCUT2D eigenvalue weighted by Gasteiger charge is 2.44. The van der Waals surface area contributed by atoms with Crippen molar-refractivity contribution in [3.8, 4) is 11.7 Å². The first kappa shape index (κ1) is 20.7. The quantitative estimate of drug-likeness (QED) is 0.507. The fourth-order valence-corrected chi connectivity index (χ4v) is 5.36. The summed E-state index contributed by atoms with van der Waals surface area (Å²) in [6.45, 7) is 3.89. The third-order valence-electron chi connectivity index (χ3n) is 7.08. The molecule has 2 atom stereocenters. The molecule has 9 nitrogen and oxygen atoms in total. The van der Waals surface area contributed by atoms with Crippen LogP contribution in [-0.2, 0) is 0 Å². The molecule has 2 bridgehead atoms. The minimum absolute atomic E-state index is 0.0191. The van der Waals surface area contributed by atoms with E-state index in [0.717, 1.165) is 31.4 Å². The van der Waals surface area contributed by atoms with Gasteiger partial charge in [0, 0.05) is 31.1 Å². The highest BCUT2D eigenvalue weighted by molar-refractivity contribution is 5.96. The Morgan fingerprint density at radius 1 is 1.09 bits per heavy atom. The van der Waals surface area contributed by atoms with Gasteiger partial charge in [-0.25, -0.2) is 9.20 Å². The first-order chi connectivity index (χ1) is 16.5. The van der Waals surface area contributed by atoms with Gasteiger partial charge in [0.25, 0.3) is 11.5 Å². The van der Waals surface area contributed by atoms with E-state index in [1.54, 1.807) is 24.5 Å². The molecule has 0 spiro atoms. The van der Waals surface area contributed by atoms with Crippen LogP contribution in [0.3, 0.4) is 0 Å². The molecule has 1 amide bonds. The lowest BCUT2D eigenvalue weighted by Crippen LogP contribution is -2.49. The number of nitrogens with one attached hydrogen (secondary N) is 1. The molecule has 0 aliphatic carbocycles. The van der Waals surface area contributed by atoms with Crippen molar-refractivity contribution in [2.45, 2.75) is 57.7 Å². The number of ether oxygens (including phenoxy) is 1. The van der Waals surface area contributed by atoms with Crippen LogP contribution in [0.15, 0.2) is 53.6 Å². The molecule has 2 saturated heterocycles. The number of hydrogen-bond donors (Lipinski definition) is 1. The van der Waals surface area contributed by atoms with Gasteiger partial charge >= 0.3 is 0 Å². The predicted molar refractivity (Wildman–Crippen MR) is 125 cm³/mol. The number of carbonyl (C=O) groups excluding carboxylic acids is 1. The normalized spacial score (nSPS) is 21.8. The summed E-state index contributed by atoms with van der Waals surface area (Å²) in [6, 6.07) is 11.9. The zero-order chi connectivity index (χ0) is 23.4. The monoisotopic (exact) mass is 458 g/mol. The number of benzene rings is 1. The predicted octanol–water partition coefficient (Wildman–Crippen LogP) is 3.04. The minimum atomic E-state index is -0.258. The van der Waals surface area contributed by atoms with Crippen molar-refractivity contribution in [2.75, 3.05) is 0 Å². The van der Waals surface area contributed by atoms with E-state index in [2.05, 4.69) is 34.2 Å². The number of hydrogen-bond acceptors (Lipinski definition) is 5. The number of carbonyl (C=O) groups is 1. The maximum Gasteiger partial charge on any atom is 0.276 e. The van der Waals surface area contributed by atoms with Gasteiger partial charge in [-0.1, -0.05) is 17.7 Å². The molecular formula is C25H26N6O3. The molecule has 0 radical (unpaired) electrons. The van der Waals surface area contributed by atoms with Crippen LogP contribution in [0.4, 0.5) is 0 Å². The van der Waals surface area contributed by atoms with Crippen LogP contribution in [0.25, 0.3) is 11.5 Å². The van der Waals surface area contributed by atoms with Crippen LogP contribution in [-0.4, -0.2) is 53.4 Å². The second-order valence-electron chi connectivity index (χ2n) is 9.29. The summed E-state index contributed by atoms with van der Waals surface area (Å²) in [5.41, 5.74) is 2.59. The molecule has 2 unspecified atom stereocenters. The van der Waals surface area contributed by atoms with Gasteiger partial charge in [0.2, 0.25) is 5.95 Å². The topological polar surface area (TPSA) is 97.5 Å². The van der Waals surface area contributed by atoms with Gasteiger partial charge in [-0.15, -0.1) is 5.10 Å². The Bertz CT molecular complexity index is 1420. The third kappa shape index (κ3) is 3.39. The molecule has 4 aromatic rings. The van der Waals surface area contributed by atoms with E-state index < -0.39 is 0 Å². The molecule has 3 aromatic heterocycles. The van der Waals surface area contributed by atoms with Crippen molar-refractivity contribution in [1.82, 2.24) is 29.3 Å². The Morgan fingerprint density at radius 3 is 2.56 bits per heavy atom. The summed E-state index contributed by atoms with van der Waals surface area (Å²) in [5, 5.41) is 8.81. The number of aryl methyl sites for hydroxylation is 1. The average molecular weight is 459 g/mol. The number of aromatic nitrogens is 5. The standard InChI is InChI=1S/C25H26N6O3/c1-15-5-9-19(10-6-15)34-20-12-17-7-8-18(13-20)30(17)24(33)21-14-26-31(16(21)2)25-27-23(32)22-4-3-11-29(22)28-25/h3-6,9-11,14,17-18,20H,7-8,12-13H2,1-2H3,(H,27,28,32). The summed E-state index contributed by atoms with van der Waals surface area (Å²) in [7, 11) is 0. The number of rotatable bonds is 4. The van der Waals surface area contributed by atoms with Gasteiger partial charge in [-0.2, -0.15) is 5.10 Å². The Balaban J connectivity index is 1.23. The zero-order valence-electron chi connectivity index (χ0n) is 19.1. The number of fused-ring (bicyclic) bond motifs is 3. The molecule has 9 heteroatoms. The first-order valence-corrected chi connectivity index (χ1v) is 11.7. The van der Waals surface area contributed by atoms with Crippen molar-refractivity contribution in [3.63, 3.8) is 0 Å². The summed E-state index contributed by atoms with van der Waals surface area (Å²) in [4.78, 5) is 30.7. The average Bonchev–Trinajstić information content (AvgIpc) is 3.51. The Labute approximate surface area is 196 Å². The molecule has 1 aromatic carbocycles. The van der Waals surface area contributed by atoms with Crippen molar-refractivity contribution >= 4 is 11.4 Å². The molecule has 1 N–H and O–H groups in total. The number of nitrogens with zero attached hydrogens (tertiary/aromatic N) is 5. The fourth-order valence-electron chi connectivity index (χ4n) is 5.36. The van der Waals surface area contributed by atoms with E-state index in [0.29, 0.717) is 16.8 Å². The highest BCUT2D eigenvalue weighted by atomic mass is 16.5. The summed E-state index contributed by atoms with van der Waals surface area (Å²) < 4.78 is 9.28. The van der Waals surface area contributed by atoms with Crippen molar-refractivity contribution in [1.29, 1.82) is 0 Å². The zero-order valence-corrected chi connectivity index (χ0v) is 19.1. The number of piperidine rings is 1. The molecule has 5 heterocycles. The van der Waals surface area contributed by atoms with Crippen molar-refractivity contribution in [3.05, 3.63) is 76.0 Å². The largest absolute Gasteiger partial charge is 0.490 e. The molecule has 2 aliphatic heterocycles. The second kappa shape index (κ2) is 7.86. The van der Waals surface area contributed by atoms with Gasteiger partial charge in [-0.3, -0.25) is 14.6 Å². The maximum absolute atomic E-state index is 13.6. The van der Waals surface area contributed by atoms with E-state index in [1.165, 1.54) is 14.8 Å². The lowest BCUT2D eigenvalue weighted by molar-refractivity contribution is 0.0358. The van der Waals surface area contributed by atoms with E-state index in [9.17, 15) is 9.59 Å². The van der Waals surface area contributed by atoms with Crippen LogP contribution < -0.4 is 10.3 Å². The first-order valence-electron chi connectivity index (χ1n) is 11.7. The summed E-state index contributed by atoms with van der Waals surface area (Å²) >= 11 is 0. The highest BCUT2D eigenvalue weighted by Crippen LogP contribution is 2.38. The third-order valence-corrected chi connectivity index (χ3v) is 7.08. The van der Waals surface area contributed by atoms with Crippen LogP contribution in [0.2, 0.25) is 0 Å². The fraction of sp³-hybridized carbons (Fsp3) is 0.360. The Hall–Kier alpha value is -3.88. The van der Waals surface area contributed by atoms with E-state index in [-0.39, 0.29) is 35.6 Å². The van der Waals surface area contributed by atoms with Crippen LogP contribution in [0.1, 0.15) is 47.3 Å². The number of aromatic amines is 1.